The molecule has 1 N–H and O–H groups in total. The van der Waals surface area contributed by atoms with Crippen LogP contribution in [0.1, 0.15) is 18.2 Å². The highest BCUT2D eigenvalue weighted by Crippen LogP contribution is 2.21. The van der Waals surface area contributed by atoms with Crippen LogP contribution in [0.15, 0.2) is 30.3 Å². The molecule has 1 aliphatic heterocycles. The summed E-state index contributed by atoms with van der Waals surface area (Å²) in [6.07, 6.45) is 0. The van der Waals surface area contributed by atoms with Crippen LogP contribution in [0.25, 0.3) is 0 Å². The number of nitrogens with zero attached hydrogens (tertiary/aromatic N) is 4. The van der Waals surface area contributed by atoms with Crippen LogP contribution in [0.5, 0.6) is 0 Å². The van der Waals surface area contributed by atoms with E-state index in [1.165, 1.54) is 5.56 Å². The van der Waals surface area contributed by atoms with E-state index in [2.05, 4.69) is 52.1 Å². The summed E-state index contributed by atoms with van der Waals surface area (Å²) in [6.45, 7) is 11.7. The van der Waals surface area contributed by atoms with Crippen molar-refractivity contribution in [3.05, 3.63) is 41.6 Å². The van der Waals surface area contributed by atoms with E-state index in [9.17, 15) is 0 Å². The predicted molar refractivity (Wildman–Crippen MR) is 95.6 cm³/mol. The molecule has 0 radical (unpaired) electrons. The lowest BCUT2D eigenvalue weighted by molar-refractivity contribution is 0.270. The van der Waals surface area contributed by atoms with Crippen molar-refractivity contribution in [2.24, 2.45) is 0 Å². The average molecular weight is 311 g/mol. The summed E-state index contributed by atoms with van der Waals surface area (Å²) in [5.41, 5.74) is 3.24. The standard InChI is InChI=1S/C18H25N5/c1-4-22-9-11-23(12-10-22)17-13-15(3)19-18(21-17)20-16-8-6-5-7-14(16)2/h5-8,13H,4,9-12H2,1-3H3,(H,19,20,21). The summed E-state index contributed by atoms with van der Waals surface area (Å²) >= 11 is 0. The van der Waals surface area contributed by atoms with Crippen LogP contribution in [-0.2, 0) is 0 Å². The third-order valence-electron chi connectivity index (χ3n) is 4.38. The van der Waals surface area contributed by atoms with Crippen molar-refractivity contribution in [3.63, 3.8) is 0 Å². The zero-order valence-corrected chi connectivity index (χ0v) is 14.2. The molecule has 122 valence electrons. The number of hydrogen-bond donors (Lipinski definition) is 1. The Morgan fingerprint density at radius 3 is 2.48 bits per heavy atom. The van der Waals surface area contributed by atoms with Crippen LogP contribution in [0.4, 0.5) is 17.5 Å². The van der Waals surface area contributed by atoms with Gasteiger partial charge in [0, 0.05) is 43.6 Å². The molecule has 0 bridgehead atoms. The number of piperazine rings is 1. The summed E-state index contributed by atoms with van der Waals surface area (Å²) in [6, 6.07) is 10.3. The highest BCUT2D eigenvalue weighted by molar-refractivity contribution is 5.59. The summed E-state index contributed by atoms with van der Waals surface area (Å²) in [5.74, 6) is 1.69. The molecule has 0 spiro atoms. The number of likely N-dealkylation sites (N-methyl/N-ethyl adjacent to an activating group) is 1. The summed E-state index contributed by atoms with van der Waals surface area (Å²) in [7, 11) is 0. The zero-order chi connectivity index (χ0) is 16.2. The van der Waals surface area contributed by atoms with E-state index in [4.69, 9.17) is 4.98 Å². The fourth-order valence-corrected chi connectivity index (χ4v) is 2.90. The van der Waals surface area contributed by atoms with Crippen LogP contribution in [-0.4, -0.2) is 47.6 Å². The summed E-state index contributed by atoms with van der Waals surface area (Å²) < 4.78 is 0. The molecule has 1 saturated heterocycles. The molecule has 5 nitrogen and oxygen atoms in total. The molecule has 23 heavy (non-hydrogen) atoms. The Morgan fingerprint density at radius 1 is 1.04 bits per heavy atom. The monoisotopic (exact) mass is 311 g/mol. The second kappa shape index (κ2) is 6.96. The zero-order valence-electron chi connectivity index (χ0n) is 14.2. The Kier molecular flexibility index (Phi) is 4.76. The highest BCUT2D eigenvalue weighted by atomic mass is 15.3. The Labute approximate surface area is 138 Å². The third-order valence-corrected chi connectivity index (χ3v) is 4.38. The van der Waals surface area contributed by atoms with Crippen LogP contribution in [0.2, 0.25) is 0 Å². The first kappa shape index (κ1) is 15.7. The molecule has 2 aromatic rings. The van der Waals surface area contributed by atoms with Gasteiger partial charge < -0.3 is 15.1 Å². The Bertz CT molecular complexity index is 662. The van der Waals surface area contributed by atoms with Crippen LogP contribution in [0.3, 0.4) is 0 Å². The molecule has 0 saturated carbocycles. The Morgan fingerprint density at radius 2 is 1.78 bits per heavy atom. The first-order valence-electron chi connectivity index (χ1n) is 8.31. The molecule has 0 amide bonds. The minimum absolute atomic E-state index is 0.673. The number of aryl methyl sites for hydroxylation is 2. The van der Waals surface area contributed by atoms with Gasteiger partial charge in [-0.25, -0.2) is 4.98 Å². The van der Waals surface area contributed by atoms with E-state index in [0.717, 1.165) is 49.9 Å². The van der Waals surface area contributed by atoms with E-state index in [0.29, 0.717) is 5.95 Å². The summed E-state index contributed by atoms with van der Waals surface area (Å²) in [5, 5.41) is 3.35. The van der Waals surface area contributed by atoms with Crippen molar-refractivity contribution >= 4 is 17.5 Å². The van der Waals surface area contributed by atoms with Gasteiger partial charge in [-0.3, -0.25) is 0 Å². The van der Waals surface area contributed by atoms with Gasteiger partial charge in [0.15, 0.2) is 0 Å². The number of rotatable bonds is 4. The van der Waals surface area contributed by atoms with Gasteiger partial charge in [-0.05, 0) is 32.0 Å². The van der Waals surface area contributed by atoms with Crippen molar-refractivity contribution < 1.29 is 0 Å². The second-order valence-corrected chi connectivity index (χ2v) is 6.05. The second-order valence-electron chi connectivity index (χ2n) is 6.05. The number of nitrogens with one attached hydrogen (secondary N) is 1. The number of hydrogen-bond acceptors (Lipinski definition) is 5. The smallest absolute Gasteiger partial charge is 0.229 e. The number of para-hydroxylation sites is 1. The van der Waals surface area contributed by atoms with E-state index in [1.54, 1.807) is 0 Å². The Hall–Kier alpha value is -2.14. The molecule has 0 atom stereocenters. The van der Waals surface area contributed by atoms with Gasteiger partial charge in [0.05, 0.1) is 0 Å². The predicted octanol–water partition coefficient (Wildman–Crippen LogP) is 2.98. The molecular formula is C18H25N5. The molecule has 1 aromatic heterocycles. The van der Waals surface area contributed by atoms with E-state index in [-0.39, 0.29) is 0 Å². The number of aromatic nitrogens is 2. The van der Waals surface area contributed by atoms with Gasteiger partial charge in [-0.2, -0.15) is 4.98 Å². The van der Waals surface area contributed by atoms with E-state index < -0.39 is 0 Å². The maximum Gasteiger partial charge on any atom is 0.229 e. The van der Waals surface area contributed by atoms with Gasteiger partial charge in [0.2, 0.25) is 5.95 Å². The molecule has 0 aliphatic carbocycles. The molecule has 1 aliphatic rings. The van der Waals surface area contributed by atoms with Gasteiger partial charge in [-0.15, -0.1) is 0 Å². The SMILES string of the molecule is CCN1CCN(c2cc(C)nc(Nc3ccccc3C)n2)CC1. The first-order chi connectivity index (χ1) is 11.2. The number of anilines is 3. The topological polar surface area (TPSA) is 44.3 Å². The molecule has 2 heterocycles. The molecule has 1 fully saturated rings. The molecule has 0 unspecified atom stereocenters. The van der Waals surface area contributed by atoms with Crippen LogP contribution < -0.4 is 10.2 Å². The lowest BCUT2D eigenvalue weighted by Crippen LogP contribution is -2.46. The highest BCUT2D eigenvalue weighted by Gasteiger charge is 2.17. The minimum atomic E-state index is 0.673. The Balaban J connectivity index is 1.78. The normalized spacial score (nSPS) is 15.7. The van der Waals surface area contributed by atoms with Gasteiger partial charge in [0.25, 0.3) is 0 Å². The van der Waals surface area contributed by atoms with Crippen LogP contribution >= 0.6 is 0 Å². The van der Waals surface area contributed by atoms with Gasteiger partial charge in [0.1, 0.15) is 5.82 Å². The summed E-state index contributed by atoms with van der Waals surface area (Å²) in [4.78, 5) is 14.1. The largest absolute Gasteiger partial charge is 0.354 e. The number of benzene rings is 1. The fraction of sp³-hybridized carbons (Fsp3) is 0.444. The van der Waals surface area contributed by atoms with Crippen molar-refractivity contribution in [2.45, 2.75) is 20.8 Å². The maximum atomic E-state index is 4.73. The molecular weight excluding hydrogens is 286 g/mol. The van der Waals surface area contributed by atoms with E-state index >= 15 is 0 Å². The van der Waals surface area contributed by atoms with Gasteiger partial charge >= 0.3 is 0 Å². The lowest BCUT2D eigenvalue weighted by Gasteiger charge is -2.34. The third kappa shape index (κ3) is 3.79. The first-order valence-corrected chi connectivity index (χ1v) is 8.31. The molecule has 5 heteroatoms. The maximum absolute atomic E-state index is 4.73. The van der Waals surface area contributed by atoms with Gasteiger partial charge in [-0.1, -0.05) is 25.1 Å². The van der Waals surface area contributed by atoms with E-state index in [1.807, 2.05) is 19.1 Å². The lowest BCUT2D eigenvalue weighted by atomic mass is 10.2. The molecule has 3 rings (SSSR count). The van der Waals surface area contributed by atoms with Crippen molar-refractivity contribution in [3.8, 4) is 0 Å². The molecule has 1 aromatic carbocycles. The minimum Gasteiger partial charge on any atom is -0.354 e. The van der Waals surface area contributed by atoms with Crippen molar-refractivity contribution in [1.82, 2.24) is 14.9 Å². The van der Waals surface area contributed by atoms with Crippen LogP contribution in [0, 0.1) is 13.8 Å². The van der Waals surface area contributed by atoms with Crippen molar-refractivity contribution in [1.29, 1.82) is 0 Å². The average Bonchev–Trinajstić information content (AvgIpc) is 2.56. The van der Waals surface area contributed by atoms with Crippen molar-refractivity contribution in [2.75, 3.05) is 42.9 Å². The quantitative estimate of drug-likeness (QED) is 0.940. The fourth-order valence-electron chi connectivity index (χ4n) is 2.90.